The van der Waals surface area contributed by atoms with Crippen LogP contribution in [0.1, 0.15) is 49.7 Å². The molecule has 10 heteroatoms. The second kappa shape index (κ2) is 8.51. The molecule has 0 radical (unpaired) electrons. The molecule has 2 fully saturated rings. The Kier molecular flexibility index (Phi) is 5.46. The molecule has 2 aromatic heterocycles. The number of hydrogen-bond acceptors (Lipinski definition) is 4. The van der Waals surface area contributed by atoms with Gasteiger partial charge in [0, 0.05) is 37.9 Å². The number of halogens is 4. The number of amides is 2. The van der Waals surface area contributed by atoms with Gasteiger partial charge in [0.25, 0.3) is 0 Å². The second-order valence-electron chi connectivity index (χ2n) is 10.8. The van der Waals surface area contributed by atoms with E-state index in [4.69, 9.17) is 0 Å². The summed E-state index contributed by atoms with van der Waals surface area (Å²) in [6.07, 6.45) is 8.62. The molecule has 2 aliphatic carbocycles. The minimum atomic E-state index is -0.455. The van der Waals surface area contributed by atoms with E-state index in [0.29, 0.717) is 20.0 Å². The lowest BCUT2D eigenvalue weighted by molar-refractivity contribution is -0.125. The SMILES string of the molecule is CN1C(=O)C2(CCC2)c2c1cnc1c(F)cc(Br)cc21.O=C1Nc2cnc3c(F)cc(Br)cc3c2C12CCC2. The van der Waals surface area contributed by atoms with Gasteiger partial charge in [-0.05, 0) is 49.9 Å². The van der Waals surface area contributed by atoms with Crippen molar-refractivity contribution >= 4 is 76.9 Å². The average molecular weight is 656 g/mol. The van der Waals surface area contributed by atoms with Crippen LogP contribution in [0.5, 0.6) is 0 Å². The van der Waals surface area contributed by atoms with Gasteiger partial charge in [0.2, 0.25) is 11.8 Å². The predicted molar refractivity (Wildman–Crippen MR) is 152 cm³/mol. The van der Waals surface area contributed by atoms with E-state index in [0.717, 1.165) is 71.8 Å². The van der Waals surface area contributed by atoms with E-state index < -0.39 is 10.8 Å². The normalized spacial score (nSPS) is 19.5. The van der Waals surface area contributed by atoms with Crippen molar-refractivity contribution in [3.63, 3.8) is 0 Å². The van der Waals surface area contributed by atoms with Crippen molar-refractivity contribution in [2.24, 2.45) is 0 Å². The van der Waals surface area contributed by atoms with Gasteiger partial charge in [-0.2, -0.15) is 0 Å². The van der Waals surface area contributed by atoms with Crippen LogP contribution in [0.15, 0.2) is 45.6 Å². The smallest absolute Gasteiger partial charge is 0.237 e. The van der Waals surface area contributed by atoms with Crippen LogP contribution in [0.2, 0.25) is 0 Å². The summed E-state index contributed by atoms with van der Waals surface area (Å²) in [5.41, 5.74) is 3.22. The lowest BCUT2D eigenvalue weighted by atomic mass is 9.64. The average Bonchev–Trinajstić information content (AvgIpc) is 3.27. The monoisotopic (exact) mass is 654 g/mol. The van der Waals surface area contributed by atoms with Gasteiger partial charge in [-0.15, -0.1) is 0 Å². The number of hydrogen-bond donors (Lipinski definition) is 1. The van der Waals surface area contributed by atoms with Crippen molar-refractivity contribution < 1.29 is 18.4 Å². The van der Waals surface area contributed by atoms with Gasteiger partial charge in [-0.1, -0.05) is 44.7 Å². The standard InChI is InChI=1S/C15H12BrFN2O.C14H10BrFN2O/c1-19-11-7-18-13-9(5-8(16)6-10(13)17)12(11)15(14(19)20)3-2-4-15;15-7-4-8-11-10(6-17-12(8)9(16)5-7)18-13(19)14(11)2-1-3-14/h5-7H,2-4H2,1H3;4-6H,1-3H2,(H,18,19). The van der Waals surface area contributed by atoms with Crippen LogP contribution in [0, 0.1) is 11.6 Å². The molecule has 198 valence electrons. The largest absolute Gasteiger partial charge is 0.324 e. The first-order valence-corrected chi connectivity index (χ1v) is 14.4. The number of carbonyl (C=O) groups excluding carboxylic acids is 2. The van der Waals surface area contributed by atoms with Gasteiger partial charge < -0.3 is 10.2 Å². The Morgan fingerprint density at radius 3 is 1.90 bits per heavy atom. The molecule has 1 N–H and O–H groups in total. The van der Waals surface area contributed by atoms with E-state index in [1.807, 2.05) is 12.1 Å². The fraction of sp³-hybridized carbons (Fsp3) is 0.310. The maximum Gasteiger partial charge on any atom is 0.237 e. The molecular weight excluding hydrogens is 634 g/mol. The van der Waals surface area contributed by atoms with Crippen LogP contribution >= 0.6 is 31.9 Å². The minimum Gasteiger partial charge on any atom is -0.324 e. The highest BCUT2D eigenvalue weighted by Gasteiger charge is 2.55. The fourth-order valence-corrected chi connectivity index (χ4v) is 7.56. The molecule has 0 bridgehead atoms. The molecular formula is C29H22Br2F2N4O2. The fourth-order valence-electron chi connectivity index (χ4n) is 6.70. The molecule has 2 saturated carbocycles. The summed E-state index contributed by atoms with van der Waals surface area (Å²) in [5.74, 6) is -0.563. The quantitative estimate of drug-likeness (QED) is 0.220. The number of nitrogens with zero attached hydrogens (tertiary/aromatic N) is 3. The molecule has 2 spiro atoms. The maximum absolute atomic E-state index is 14.1. The van der Waals surface area contributed by atoms with Gasteiger partial charge in [0.05, 0.1) is 34.6 Å². The van der Waals surface area contributed by atoms with Crippen molar-refractivity contribution in [2.75, 3.05) is 17.3 Å². The van der Waals surface area contributed by atoms with Crippen molar-refractivity contribution in [3.05, 3.63) is 68.4 Å². The Balaban J connectivity index is 0.000000130. The van der Waals surface area contributed by atoms with E-state index in [9.17, 15) is 18.4 Å². The zero-order valence-corrected chi connectivity index (χ0v) is 24.0. The number of rotatable bonds is 0. The predicted octanol–water partition coefficient (Wildman–Crippen LogP) is 7.04. The molecule has 0 atom stereocenters. The molecule has 0 saturated heterocycles. The van der Waals surface area contributed by atoms with Gasteiger partial charge in [0.1, 0.15) is 11.0 Å². The summed E-state index contributed by atoms with van der Waals surface area (Å²) in [7, 11) is 1.77. The van der Waals surface area contributed by atoms with E-state index in [-0.39, 0.29) is 23.4 Å². The number of benzene rings is 2. The third kappa shape index (κ3) is 3.33. The number of carbonyl (C=O) groups is 2. The van der Waals surface area contributed by atoms with Gasteiger partial charge in [0.15, 0.2) is 11.6 Å². The first-order valence-electron chi connectivity index (χ1n) is 12.8. The summed E-state index contributed by atoms with van der Waals surface area (Å²) in [6, 6.07) is 6.54. The summed E-state index contributed by atoms with van der Waals surface area (Å²) in [4.78, 5) is 34.8. The molecule has 4 heterocycles. The highest BCUT2D eigenvalue weighted by atomic mass is 79.9. The van der Waals surface area contributed by atoms with Crippen LogP contribution in [0.4, 0.5) is 20.2 Å². The summed E-state index contributed by atoms with van der Waals surface area (Å²) in [6.45, 7) is 0. The molecule has 4 aromatic rings. The van der Waals surface area contributed by atoms with Crippen molar-refractivity contribution in [1.29, 1.82) is 0 Å². The van der Waals surface area contributed by atoms with Crippen molar-refractivity contribution in [1.82, 2.24) is 9.97 Å². The first-order chi connectivity index (χ1) is 18.7. The molecule has 39 heavy (non-hydrogen) atoms. The number of likely N-dealkylation sites (N-methyl/N-ethyl adjacent to an activating group) is 1. The third-order valence-electron chi connectivity index (χ3n) is 8.89. The van der Waals surface area contributed by atoms with E-state index in [2.05, 4.69) is 47.1 Å². The Bertz CT molecular complexity index is 1770. The Morgan fingerprint density at radius 2 is 1.36 bits per heavy atom. The molecule has 6 nitrogen and oxygen atoms in total. The number of nitrogens with one attached hydrogen (secondary N) is 1. The van der Waals surface area contributed by atoms with Gasteiger partial charge in [-0.3, -0.25) is 19.6 Å². The van der Waals surface area contributed by atoms with Crippen LogP contribution in [0.3, 0.4) is 0 Å². The zero-order valence-electron chi connectivity index (χ0n) is 20.9. The molecule has 0 unspecified atom stereocenters. The third-order valence-corrected chi connectivity index (χ3v) is 9.80. The number of anilines is 2. The molecule has 2 amide bonds. The minimum absolute atomic E-state index is 0.0310. The highest BCUT2D eigenvalue weighted by molar-refractivity contribution is 9.10. The molecule has 2 aliphatic heterocycles. The van der Waals surface area contributed by atoms with E-state index in [1.165, 1.54) is 12.1 Å². The number of fused-ring (bicyclic) bond motifs is 8. The molecule has 8 rings (SSSR count). The van der Waals surface area contributed by atoms with Crippen LogP contribution < -0.4 is 10.2 Å². The van der Waals surface area contributed by atoms with Crippen LogP contribution in [-0.4, -0.2) is 28.8 Å². The lowest BCUT2D eigenvalue weighted by Gasteiger charge is -2.37. The first kappa shape index (κ1) is 25.0. The Labute approximate surface area is 239 Å². The van der Waals surface area contributed by atoms with Crippen LogP contribution in [-0.2, 0) is 20.4 Å². The Hall–Kier alpha value is -2.98. The number of pyridine rings is 2. The van der Waals surface area contributed by atoms with Gasteiger partial charge >= 0.3 is 0 Å². The molecule has 2 aromatic carbocycles. The van der Waals surface area contributed by atoms with E-state index >= 15 is 0 Å². The summed E-state index contributed by atoms with van der Waals surface area (Å²) < 4.78 is 29.4. The second-order valence-corrected chi connectivity index (χ2v) is 12.7. The zero-order chi connectivity index (χ0) is 27.3. The number of aromatic nitrogens is 2. The van der Waals surface area contributed by atoms with Gasteiger partial charge in [-0.25, -0.2) is 8.78 Å². The Morgan fingerprint density at radius 1 is 0.821 bits per heavy atom. The highest BCUT2D eigenvalue weighted by Crippen LogP contribution is 2.55. The lowest BCUT2D eigenvalue weighted by Crippen LogP contribution is -2.43. The maximum atomic E-state index is 14.1. The molecule has 4 aliphatic rings. The van der Waals surface area contributed by atoms with Crippen LogP contribution in [0.25, 0.3) is 21.8 Å². The topological polar surface area (TPSA) is 75.2 Å². The summed E-state index contributed by atoms with van der Waals surface area (Å²) in [5, 5.41) is 4.38. The van der Waals surface area contributed by atoms with E-state index in [1.54, 1.807) is 24.3 Å². The van der Waals surface area contributed by atoms with Crippen molar-refractivity contribution in [2.45, 2.75) is 49.4 Å². The summed E-state index contributed by atoms with van der Waals surface area (Å²) >= 11 is 6.64. The van der Waals surface area contributed by atoms with Crippen molar-refractivity contribution in [3.8, 4) is 0 Å².